The number of carbonyl (C=O) groups is 2. The van der Waals surface area contributed by atoms with Crippen LogP contribution in [0, 0.1) is 0 Å². The third kappa shape index (κ3) is 5.17. The Bertz CT molecular complexity index is 604. The molecule has 2 heterocycles. The molecule has 7 heteroatoms. The molecule has 2 amide bonds. The van der Waals surface area contributed by atoms with Crippen molar-refractivity contribution in [3.8, 4) is 0 Å². The van der Waals surface area contributed by atoms with Gasteiger partial charge in [-0.3, -0.25) is 14.5 Å². The van der Waals surface area contributed by atoms with Crippen LogP contribution in [0.15, 0.2) is 24.3 Å². The lowest BCUT2D eigenvalue weighted by molar-refractivity contribution is -0.135. The summed E-state index contributed by atoms with van der Waals surface area (Å²) in [6.07, 6.45) is 0.908. The molecule has 0 atom stereocenters. The Morgan fingerprint density at radius 1 is 1.00 bits per heavy atom. The van der Waals surface area contributed by atoms with E-state index in [1.807, 2.05) is 33.9 Å². The monoisotopic (exact) mass is 366 g/mol. The number of rotatable bonds is 4. The van der Waals surface area contributed by atoms with Crippen LogP contribution < -0.4 is 5.32 Å². The van der Waals surface area contributed by atoms with Gasteiger partial charge in [0, 0.05) is 39.3 Å². The van der Waals surface area contributed by atoms with E-state index in [1.165, 1.54) is 11.1 Å². The molecule has 1 aromatic carbocycles. The van der Waals surface area contributed by atoms with Gasteiger partial charge in [0.1, 0.15) is 0 Å². The molecular weight excluding hydrogens is 340 g/mol. The summed E-state index contributed by atoms with van der Waals surface area (Å²) >= 11 is 0. The molecule has 3 rings (SSSR count). The molecule has 0 aliphatic carbocycles. The van der Waals surface area contributed by atoms with Gasteiger partial charge in [-0.05, 0) is 24.6 Å². The smallest absolute Gasteiger partial charge is 0.237 e. The van der Waals surface area contributed by atoms with Crippen molar-refractivity contribution in [2.24, 2.45) is 0 Å². The van der Waals surface area contributed by atoms with Crippen molar-refractivity contribution in [2.75, 3.05) is 52.9 Å². The number of halogens is 1. The van der Waals surface area contributed by atoms with Gasteiger partial charge in [0.15, 0.2) is 0 Å². The normalized spacial score (nSPS) is 17.0. The van der Waals surface area contributed by atoms with Crippen molar-refractivity contribution in [2.45, 2.75) is 13.0 Å². The number of piperazine rings is 1. The number of hydrogen-bond donors (Lipinski definition) is 1. The molecule has 138 valence electrons. The summed E-state index contributed by atoms with van der Waals surface area (Å²) in [6.45, 7) is 5.23. The predicted octanol–water partition coefficient (Wildman–Crippen LogP) is 0.357. The standard InChI is InChI=1S/C18H26N4O2.ClH/c1-20(13-17(23)21-10-7-19-8-11-21)14-18(24)22-9-6-15-4-2-3-5-16(15)12-22;/h2-5,19H,6-14H2,1H3;1H. The van der Waals surface area contributed by atoms with Crippen molar-refractivity contribution < 1.29 is 9.59 Å². The number of nitrogens with one attached hydrogen (secondary N) is 1. The largest absolute Gasteiger partial charge is 0.339 e. The van der Waals surface area contributed by atoms with Crippen LogP contribution >= 0.6 is 12.4 Å². The van der Waals surface area contributed by atoms with E-state index >= 15 is 0 Å². The maximum absolute atomic E-state index is 12.5. The van der Waals surface area contributed by atoms with Gasteiger partial charge in [0.05, 0.1) is 13.1 Å². The number of nitrogens with zero attached hydrogens (tertiary/aromatic N) is 3. The summed E-state index contributed by atoms with van der Waals surface area (Å²) < 4.78 is 0. The highest BCUT2D eigenvalue weighted by Gasteiger charge is 2.23. The van der Waals surface area contributed by atoms with E-state index in [0.29, 0.717) is 19.6 Å². The van der Waals surface area contributed by atoms with E-state index in [9.17, 15) is 9.59 Å². The van der Waals surface area contributed by atoms with Crippen molar-refractivity contribution >= 4 is 24.2 Å². The Morgan fingerprint density at radius 3 is 2.28 bits per heavy atom. The van der Waals surface area contributed by atoms with Gasteiger partial charge in [0.2, 0.25) is 11.8 Å². The zero-order valence-corrected chi connectivity index (χ0v) is 15.6. The lowest BCUT2D eigenvalue weighted by atomic mass is 10.00. The van der Waals surface area contributed by atoms with Gasteiger partial charge in [-0.25, -0.2) is 0 Å². The van der Waals surface area contributed by atoms with Crippen LogP contribution in [-0.2, 0) is 22.6 Å². The number of carbonyl (C=O) groups excluding carboxylic acids is 2. The highest BCUT2D eigenvalue weighted by atomic mass is 35.5. The van der Waals surface area contributed by atoms with Gasteiger partial charge < -0.3 is 15.1 Å². The molecule has 1 fully saturated rings. The summed E-state index contributed by atoms with van der Waals surface area (Å²) in [5, 5.41) is 3.24. The Morgan fingerprint density at radius 2 is 1.60 bits per heavy atom. The van der Waals surface area contributed by atoms with E-state index in [0.717, 1.165) is 39.1 Å². The molecule has 25 heavy (non-hydrogen) atoms. The molecule has 0 bridgehead atoms. The second kappa shape index (κ2) is 9.17. The van der Waals surface area contributed by atoms with E-state index in [1.54, 1.807) is 0 Å². The fourth-order valence-electron chi connectivity index (χ4n) is 3.34. The lowest BCUT2D eigenvalue weighted by Gasteiger charge is -2.31. The first kappa shape index (κ1) is 19.7. The number of hydrogen-bond acceptors (Lipinski definition) is 4. The predicted molar refractivity (Wildman–Crippen MR) is 99.8 cm³/mol. The van der Waals surface area contributed by atoms with E-state index in [-0.39, 0.29) is 24.2 Å². The van der Waals surface area contributed by atoms with Gasteiger partial charge in [-0.1, -0.05) is 24.3 Å². The van der Waals surface area contributed by atoms with Crippen LogP contribution in [0.4, 0.5) is 0 Å². The molecule has 2 aliphatic heterocycles. The molecule has 1 aromatic rings. The maximum Gasteiger partial charge on any atom is 0.237 e. The average molecular weight is 367 g/mol. The molecule has 2 aliphatic rings. The Hall–Kier alpha value is -1.63. The van der Waals surface area contributed by atoms with Gasteiger partial charge in [-0.15, -0.1) is 12.4 Å². The zero-order chi connectivity index (χ0) is 16.9. The third-order valence-corrected chi connectivity index (χ3v) is 4.76. The number of amides is 2. The van der Waals surface area contributed by atoms with Gasteiger partial charge in [0.25, 0.3) is 0 Å². The summed E-state index contributed by atoms with van der Waals surface area (Å²) in [6, 6.07) is 8.29. The summed E-state index contributed by atoms with van der Waals surface area (Å²) in [7, 11) is 1.84. The fraction of sp³-hybridized carbons (Fsp3) is 0.556. The van der Waals surface area contributed by atoms with Crippen molar-refractivity contribution in [1.29, 1.82) is 0 Å². The van der Waals surface area contributed by atoms with Crippen molar-refractivity contribution in [1.82, 2.24) is 20.0 Å². The maximum atomic E-state index is 12.5. The quantitative estimate of drug-likeness (QED) is 0.835. The van der Waals surface area contributed by atoms with Crippen LogP contribution in [-0.4, -0.2) is 79.4 Å². The van der Waals surface area contributed by atoms with Crippen LogP contribution in [0.2, 0.25) is 0 Å². The average Bonchev–Trinajstić information content (AvgIpc) is 2.61. The number of fused-ring (bicyclic) bond motifs is 1. The first-order valence-corrected chi connectivity index (χ1v) is 8.65. The van der Waals surface area contributed by atoms with Crippen LogP contribution in [0.1, 0.15) is 11.1 Å². The summed E-state index contributed by atoms with van der Waals surface area (Å²) in [5.74, 6) is 0.205. The zero-order valence-electron chi connectivity index (χ0n) is 14.7. The second-order valence-corrected chi connectivity index (χ2v) is 6.64. The van der Waals surface area contributed by atoms with Crippen LogP contribution in [0.25, 0.3) is 0 Å². The molecule has 1 N–H and O–H groups in total. The Balaban J connectivity index is 0.00000225. The fourth-order valence-corrected chi connectivity index (χ4v) is 3.34. The van der Waals surface area contributed by atoms with Crippen LogP contribution in [0.5, 0.6) is 0 Å². The minimum atomic E-state index is 0. The highest BCUT2D eigenvalue weighted by Crippen LogP contribution is 2.18. The molecule has 0 saturated carbocycles. The van der Waals surface area contributed by atoms with E-state index < -0.39 is 0 Å². The second-order valence-electron chi connectivity index (χ2n) is 6.64. The Kier molecular flexibility index (Phi) is 7.23. The van der Waals surface area contributed by atoms with E-state index in [4.69, 9.17) is 0 Å². The summed E-state index contributed by atoms with van der Waals surface area (Å²) in [5.41, 5.74) is 2.57. The molecule has 0 unspecified atom stereocenters. The number of benzene rings is 1. The van der Waals surface area contributed by atoms with Gasteiger partial charge >= 0.3 is 0 Å². The minimum Gasteiger partial charge on any atom is -0.339 e. The Labute approximate surface area is 155 Å². The molecule has 0 radical (unpaired) electrons. The lowest BCUT2D eigenvalue weighted by Crippen LogP contribution is -2.50. The molecule has 0 spiro atoms. The first-order chi connectivity index (χ1) is 11.6. The topological polar surface area (TPSA) is 55.9 Å². The number of likely N-dealkylation sites (N-methyl/N-ethyl adjacent to an activating group) is 1. The first-order valence-electron chi connectivity index (χ1n) is 8.65. The minimum absolute atomic E-state index is 0. The van der Waals surface area contributed by atoms with Crippen molar-refractivity contribution in [3.63, 3.8) is 0 Å². The molecule has 6 nitrogen and oxygen atoms in total. The highest BCUT2D eigenvalue weighted by molar-refractivity contribution is 5.85. The van der Waals surface area contributed by atoms with Gasteiger partial charge in [-0.2, -0.15) is 0 Å². The molecule has 0 aromatic heterocycles. The summed E-state index contributed by atoms with van der Waals surface area (Å²) in [4.78, 5) is 30.4. The van der Waals surface area contributed by atoms with Crippen LogP contribution in [0.3, 0.4) is 0 Å². The van der Waals surface area contributed by atoms with Crippen molar-refractivity contribution in [3.05, 3.63) is 35.4 Å². The third-order valence-electron chi connectivity index (χ3n) is 4.76. The SMILES string of the molecule is CN(CC(=O)N1CCNCC1)CC(=O)N1CCc2ccccc2C1.Cl. The molecular formula is C18H27ClN4O2. The molecule has 1 saturated heterocycles. The van der Waals surface area contributed by atoms with E-state index in [2.05, 4.69) is 17.4 Å².